The van der Waals surface area contributed by atoms with Crippen LogP contribution >= 0.6 is 0 Å². The number of methoxy groups -OCH3 is 1. The number of ether oxygens (including phenoxy) is 1. The van der Waals surface area contributed by atoms with E-state index in [1.807, 2.05) is 32.0 Å². The standard InChI is InChI=1S/C30H33N3O4/c1-18-13-19(2)32-29(36)24(18)17-31-28(35)23-9-7-21(15-26(23)37-3)20-8-10-25-22(14-20)16-27(34)33-30(25)11-5-4-6-12-30/h7-10,13-15H,4-6,11-12,16-17H2,1-3H3,(H,31,35)(H,32,36)(H,33,34). The average Bonchev–Trinajstić information content (AvgIpc) is 2.87. The Morgan fingerprint density at radius 2 is 1.73 bits per heavy atom. The van der Waals surface area contributed by atoms with Gasteiger partial charge in [0.15, 0.2) is 0 Å². The first-order chi connectivity index (χ1) is 17.8. The molecule has 0 atom stereocenters. The Morgan fingerprint density at radius 1 is 1.00 bits per heavy atom. The summed E-state index contributed by atoms with van der Waals surface area (Å²) < 4.78 is 5.57. The monoisotopic (exact) mass is 499 g/mol. The topological polar surface area (TPSA) is 100 Å². The highest BCUT2D eigenvalue weighted by atomic mass is 16.5. The van der Waals surface area contributed by atoms with E-state index < -0.39 is 0 Å². The van der Waals surface area contributed by atoms with Gasteiger partial charge in [-0.2, -0.15) is 0 Å². The normalized spacial score (nSPS) is 16.1. The number of carbonyl (C=O) groups is 2. The quantitative estimate of drug-likeness (QED) is 0.484. The van der Waals surface area contributed by atoms with Crippen LogP contribution in [-0.4, -0.2) is 23.9 Å². The van der Waals surface area contributed by atoms with Gasteiger partial charge in [-0.3, -0.25) is 14.4 Å². The SMILES string of the molecule is COc1cc(-c2ccc3c(c2)CC(=O)NC32CCCCC2)ccc1C(=O)NCc1c(C)cc(C)[nH]c1=O. The van der Waals surface area contributed by atoms with Crippen LogP contribution in [0.15, 0.2) is 47.3 Å². The molecule has 1 saturated carbocycles. The number of carbonyl (C=O) groups excluding carboxylic acids is 2. The molecule has 3 aromatic rings. The van der Waals surface area contributed by atoms with E-state index in [0.29, 0.717) is 23.3 Å². The molecular weight excluding hydrogens is 466 g/mol. The number of aryl methyl sites for hydroxylation is 2. The molecule has 37 heavy (non-hydrogen) atoms. The molecule has 0 radical (unpaired) electrons. The number of hydrogen-bond donors (Lipinski definition) is 3. The number of pyridine rings is 1. The third-order valence-corrected chi connectivity index (χ3v) is 7.76. The summed E-state index contributed by atoms with van der Waals surface area (Å²) in [6, 6.07) is 13.7. The van der Waals surface area contributed by atoms with Crippen molar-refractivity contribution in [1.29, 1.82) is 0 Å². The zero-order chi connectivity index (χ0) is 26.2. The number of aromatic amines is 1. The van der Waals surface area contributed by atoms with Gasteiger partial charge in [0.25, 0.3) is 11.5 Å². The van der Waals surface area contributed by atoms with Crippen molar-refractivity contribution in [2.45, 2.75) is 64.5 Å². The van der Waals surface area contributed by atoms with Crippen molar-refractivity contribution in [3.05, 3.63) is 86.3 Å². The molecule has 192 valence electrons. The maximum atomic E-state index is 13.0. The zero-order valence-corrected chi connectivity index (χ0v) is 21.6. The summed E-state index contributed by atoms with van der Waals surface area (Å²) in [4.78, 5) is 40.7. The van der Waals surface area contributed by atoms with Gasteiger partial charge < -0.3 is 20.4 Å². The van der Waals surface area contributed by atoms with E-state index in [4.69, 9.17) is 4.74 Å². The molecule has 0 unspecified atom stereocenters. The van der Waals surface area contributed by atoms with Crippen LogP contribution < -0.4 is 20.9 Å². The maximum Gasteiger partial charge on any atom is 0.255 e. The van der Waals surface area contributed by atoms with Crippen LogP contribution in [0.2, 0.25) is 0 Å². The van der Waals surface area contributed by atoms with Crippen molar-refractivity contribution in [3.8, 4) is 16.9 Å². The Bertz CT molecular complexity index is 1430. The zero-order valence-electron chi connectivity index (χ0n) is 21.6. The number of hydrogen-bond acceptors (Lipinski definition) is 4. The molecule has 7 heteroatoms. The van der Waals surface area contributed by atoms with Gasteiger partial charge in [-0.15, -0.1) is 0 Å². The Labute approximate surface area is 216 Å². The molecule has 1 fully saturated rings. The molecule has 2 amide bonds. The fourth-order valence-electron chi connectivity index (χ4n) is 5.91. The highest BCUT2D eigenvalue weighted by molar-refractivity contribution is 5.97. The van der Waals surface area contributed by atoms with Crippen molar-refractivity contribution in [2.24, 2.45) is 0 Å². The second kappa shape index (κ2) is 9.88. The predicted octanol–water partition coefficient (Wildman–Crippen LogP) is 4.43. The number of benzene rings is 2. The molecule has 2 aliphatic rings. The molecule has 2 aromatic carbocycles. The van der Waals surface area contributed by atoms with Gasteiger partial charge in [-0.25, -0.2) is 0 Å². The molecule has 1 spiro atoms. The van der Waals surface area contributed by atoms with Gasteiger partial charge in [0, 0.05) is 17.8 Å². The van der Waals surface area contributed by atoms with Crippen LogP contribution in [0.4, 0.5) is 0 Å². The Balaban J connectivity index is 1.40. The fraction of sp³-hybridized carbons (Fsp3) is 0.367. The van der Waals surface area contributed by atoms with Crippen LogP contribution in [0.1, 0.15) is 70.4 Å². The summed E-state index contributed by atoms with van der Waals surface area (Å²) in [7, 11) is 1.54. The molecule has 1 aliphatic carbocycles. The van der Waals surface area contributed by atoms with Crippen molar-refractivity contribution in [3.63, 3.8) is 0 Å². The molecule has 0 bridgehead atoms. The summed E-state index contributed by atoms with van der Waals surface area (Å²) in [6.45, 7) is 3.81. The van der Waals surface area contributed by atoms with Gasteiger partial charge in [0.05, 0.1) is 24.6 Å². The second-order valence-electron chi connectivity index (χ2n) is 10.3. The number of fused-ring (bicyclic) bond motifs is 2. The Hall–Kier alpha value is -3.87. The van der Waals surface area contributed by atoms with Crippen LogP contribution in [0, 0.1) is 13.8 Å². The molecule has 1 aliphatic heterocycles. The van der Waals surface area contributed by atoms with Crippen LogP contribution in [0.25, 0.3) is 11.1 Å². The molecule has 7 nitrogen and oxygen atoms in total. The van der Waals surface area contributed by atoms with E-state index in [2.05, 4.69) is 33.8 Å². The number of aromatic nitrogens is 1. The van der Waals surface area contributed by atoms with Crippen LogP contribution in [0.5, 0.6) is 5.75 Å². The lowest BCUT2D eigenvalue weighted by atomic mass is 9.72. The van der Waals surface area contributed by atoms with E-state index in [1.54, 1.807) is 6.07 Å². The van der Waals surface area contributed by atoms with Crippen molar-refractivity contribution < 1.29 is 14.3 Å². The van der Waals surface area contributed by atoms with Crippen molar-refractivity contribution in [1.82, 2.24) is 15.6 Å². The molecule has 0 saturated heterocycles. The van der Waals surface area contributed by atoms with Gasteiger partial charge >= 0.3 is 0 Å². The number of H-pyrrole nitrogens is 1. The van der Waals surface area contributed by atoms with E-state index >= 15 is 0 Å². The third kappa shape index (κ3) is 4.78. The molecule has 2 heterocycles. The smallest absolute Gasteiger partial charge is 0.255 e. The highest BCUT2D eigenvalue weighted by Crippen LogP contribution is 2.42. The molecule has 3 N–H and O–H groups in total. The fourth-order valence-corrected chi connectivity index (χ4v) is 5.91. The number of nitrogens with one attached hydrogen (secondary N) is 3. The maximum absolute atomic E-state index is 13.0. The first-order valence-corrected chi connectivity index (χ1v) is 12.9. The minimum absolute atomic E-state index is 0.0822. The van der Waals surface area contributed by atoms with Gasteiger partial charge in [-0.1, -0.05) is 43.5 Å². The summed E-state index contributed by atoms with van der Waals surface area (Å²) >= 11 is 0. The van der Waals surface area contributed by atoms with E-state index in [-0.39, 0.29) is 29.5 Å². The second-order valence-corrected chi connectivity index (χ2v) is 10.3. The third-order valence-electron chi connectivity index (χ3n) is 7.76. The minimum Gasteiger partial charge on any atom is -0.496 e. The average molecular weight is 500 g/mol. The van der Waals surface area contributed by atoms with Gasteiger partial charge in [0.1, 0.15) is 5.75 Å². The largest absolute Gasteiger partial charge is 0.496 e. The molecule has 1 aromatic heterocycles. The predicted molar refractivity (Wildman–Crippen MR) is 143 cm³/mol. The first kappa shape index (κ1) is 24.8. The lowest BCUT2D eigenvalue weighted by Crippen LogP contribution is -2.51. The highest BCUT2D eigenvalue weighted by Gasteiger charge is 2.40. The lowest BCUT2D eigenvalue weighted by Gasteiger charge is -2.42. The van der Waals surface area contributed by atoms with Crippen molar-refractivity contribution in [2.75, 3.05) is 7.11 Å². The minimum atomic E-state index is -0.316. The van der Waals surface area contributed by atoms with E-state index in [1.165, 1.54) is 19.1 Å². The van der Waals surface area contributed by atoms with Gasteiger partial charge in [-0.05, 0) is 72.7 Å². The van der Waals surface area contributed by atoms with Gasteiger partial charge in [0.2, 0.25) is 5.91 Å². The Kier molecular flexibility index (Phi) is 6.63. The van der Waals surface area contributed by atoms with Crippen molar-refractivity contribution >= 4 is 11.8 Å². The lowest BCUT2D eigenvalue weighted by molar-refractivity contribution is -0.123. The number of rotatable bonds is 5. The first-order valence-electron chi connectivity index (χ1n) is 12.9. The summed E-state index contributed by atoms with van der Waals surface area (Å²) in [5.74, 6) is 0.215. The molecule has 5 rings (SSSR count). The van der Waals surface area contributed by atoms with E-state index in [9.17, 15) is 14.4 Å². The Morgan fingerprint density at radius 3 is 2.46 bits per heavy atom. The molecular formula is C30H33N3O4. The van der Waals surface area contributed by atoms with E-state index in [0.717, 1.165) is 53.6 Å². The van der Waals surface area contributed by atoms with Crippen LogP contribution in [0.3, 0.4) is 0 Å². The van der Waals surface area contributed by atoms with Crippen LogP contribution in [-0.2, 0) is 23.3 Å². The summed E-state index contributed by atoms with van der Waals surface area (Å²) in [5, 5.41) is 6.14. The number of amides is 2. The summed E-state index contributed by atoms with van der Waals surface area (Å²) in [6.07, 6.45) is 5.81. The summed E-state index contributed by atoms with van der Waals surface area (Å²) in [5.41, 5.74) is 6.30.